The van der Waals surface area contributed by atoms with E-state index >= 15 is 0 Å². The highest BCUT2D eigenvalue weighted by molar-refractivity contribution is 4.84. The molecule has 0 bridgehead atoms. The highest BCUT2D eigenvalue weighted by atomic mass is 16.7. The number of aliphatic hydroxyl groups is 5. The van der Waals surface area contributed by atoms with Crippen LogP contribution in [0.25, 0.3) is 0 Å². The van der Waals surface area contributed by atoms with E-state index in [9.17, 15) is 0 Å². The van der Waals surface area contributed by atoms with Crippen LogP contribution in [0.15, 0.2) is 0 Å². The van der Waals surface area contributed by atoms with E-state index in [4.69, 9.17) is 25.5 Å². The molecule has 3 atom stereocenters. The van der Waals surface area contributed by atoms with Crippen molar-refractivity contribution in [1.29, 1.82) is 0 Å². The summed E-state index contributed by atoms with van der Waals surface area (Å²) in [7, 11) is 0. The summed E-state index contributed by atoms with van der Waals surface area (Å²) < 4.78 is 4.52. The number of aliphatic hydroxyl groups excluding tert-OH is 3. The van der Waals surface area contributed by atoms with Gasteiger partial charge < -0.3 is 30.3 Å². The average Bonchev–Trinajstić information content (AvgIpc) is 1.96. The summed E-state index contributed by atoms with van der Waals surface area (Å²) in [5.74, 6) is -2.44. The van der Waals surface area contributed by atoms with Crippen LogP contribution >= 0.6 is 0 Å². The molecule has 1 heterocycles. The Kier molecular flexibility index (Phi) is 2.67. The van der Waals surface area contributed by atoms with Gasteiger partial charge in [-0.3, -0.25) is 0 Å². The summed E-state index contributed by atoms with van der Waals surface area (Å²) in [5, 5.41) is 44.5. The molecule has 0 unspecified atom stereocenters. The topological polar surface area (TPSA) is 110 Å². The Morgan fingerprint density at radius 2 is 1.92 bits per heavy atom. The van der Waals surface area contributed by atoms with Gasteiger partial charge in [-0.15, -0.1) is 0 Å². The van der Waals surface area contributed by atoms with E-state index in [2.05, 4.69) is 4.74 Å². The maximum atomic E-state index is 9.11. The van der Waals surface area contributed by atoms with Gasteiger partial charge in [0.2, 0.25) is 12.1 Å². The Morgan fingerprint density at radius 1 is 1.33 bits per heavy atom. The lowest BCUT2D eigenvalue weighted by molar-refractivity contribution is -0.360. The molecule has 1 fully saturated rings. The van der Waals surface area contributed by atoms with Crippen molar-refractivity contribution in [2.75, 3.05) is 6.61 Å². The minimum Gasteiger partial charge on any atom is -0.394 e. The van der Waals surface area contributed by atoms with Crippen LogP contribution in [0.3, 0.4) is 0 Å². The highest BCUT2D eigenvalue weighted by Crippen LogP contribution is 2.25. The molecular weight excluding hydrogens is 168 g/mol. The van der Waals surface area contributed by atoms with E-state index in [-0.39, 0.29) is 0 Å². The van der Waals surface area contributed by atoms with Crippen LogP contribution in [-0.4, -0.2) is 56.4 Å². The predicted octanol–water partition coefficient (Wildman–Crippen LogP) is -2.87. The molecule has 0 saturated carbocycles. The molecule has 1 aliphatic heterocycles. The largest absolute Gasteiger partial charge is 0.394 e. The molecule has 0 aromatic heterocycles. The summed E-state index contributed by atoms with van der Waals surface area (Å²) in [5.41, 5.74) is 0. The lowest BCUT2D eigenvalue weighted by Gasteiger charge is -2.38. The van der Waals surface area contributed by atoms with Crippen molar-refractivity contribution in [2.24, 2.45) is 0 Å². The average molecular weight is 180 g/mol. The number of hydrogen-bond acceptors (Lipinski definition) is 6. The molecule has 1 rings (SSSR count). The fourth-order valence-corrected chi connectivity index (χ4v) is 1.07. The Morgan fingerprint density at radius 3 is 2.42 bits per heavy atom. The second kappa shape index (κ2) is 3.25. The molecule has 6 nitrogen and oxygen atoms in total. The summed E-state index contributed by atoms with van der Waals surface area (Å²) in [6.07, 6.45) is -4.39. The van der Waals surface area contributed by atoms with Gasteiger partial charge in [0.1, 0.15) is 6.10 Å². The summed E-state index contributed by atoms with van der Waals surface area (Å²) >= 11 is 0. The first-order valence-electron chi connectivity index (χ1n) is 3.54. The molecule has 0 spiro atoms. The fraction of sp³-hybridized carbons (Fsp3) is 1.00. The maximum absolute atomic E-state index is 9.11. The Hall–Kier alpha value is -0.240. The molecule has 12 heavy (non-hydrogen) atoms. The maximum Gasteiger partial charge on any atom is 0.218 e. The Balaban J connectivity index is 2.62. The van der Waals surface area contributed by atoms with E-state index in [1.165, 1.54) is 0 Å². The van der Waals surface area contributed by atoms with Crippen molar-refractivity contribution in [3.8, 4) is 0 Å². The molecular formula is C6H12O6. The molecule has 72 valence electrons. The standard InChI is InChI=1S/C6H12O6/c7-2-4-3(8)1-6(10,11)5(9)12-4/h3-5,7-11H,1-2H2/t3-,4+,5-/m0/s1. The minimum absolute atomic E-state index is 0.445. The number of hydrogen-bond donors (Lipinski definition) is 5. The lowest BCUT2D eigenvalue weighted by Crippen LogP contribution is -2.56. The monoisotopic (exact) mass is 180 g/mol. The zero-order valence-electron chi connectivity index (χ0n) is 6.29. The number of ether oxygens (including phenoxy) is 1. The first kappa shape index (κ1) is 9.85. The number of rotatable bonds is 1. The second-order valence-electron chi connectivity index (χ2n) is 2.86. The van der Waals surface area contributed by atoms with Crippen LogP contribution in [0.1, 0.15) is 6.42 Å². The summed E-state index contributed by atoms with van der Waals surface area (Å²) in [6, 6.07) is 0. The van der Waals surface area contributed by atoms with Gasteiger partial charge in [0, 0.05) is 6.42 Å². The normalized spacial score (nSPS) is 41.2. The quantitative estimate of drug-likeness (QED) is 0.277. The van der Waals surface area contributed by atoms with Crippen LogP contribution in [0.2, 0.25) is 0 Å². The Labute approximate surface area is 68.6 Å². The molecule has 0 amide bonds. The fourth-order valence-electron chi connectivity index (χ4n) is 1.07. The molecule has 0 aliphatic carbocycles. The molecule has 5 N–H and O–H groups in total. The molecule has 0 radical (unpaired) electrons. The van der Waals surface area contributed by atoms with E-state index in [1.54, 1.807) is 0 Å². The summed E-state index contributed by atoms with van der Waals surface area (Å²) in [6.45, 7) is -0.478. The van der Waals surface area contributed by atoms with E-state index in [0.717, 1.165) is 0 Å². The molecule has 1 aliphatic rings. The first-order chi connectivity index (χ1) is 5.47. The predicted molar refractivity (Wildman–Crippen MR) is 35.8 cm³/mol. The van der Waals surface area contributed by atoms with Crippen LogP contribution in [-0.2, 0) is 4.74 Å². The van der Waals surface area contributed by atoms with Crippen molar-refractivity contribution < 1.29 is 30.3 Å². The van der Waals surface area contributed by atoms with Gasteiger partial charge in [-0.25, -0.2) is 0 Å². The van der Waals surface area contributed by atoms with E-state index in [0.29, 0.717) is 0 Å². The van der Waals surface area contributed by atoms with Crippen molar-refractivity contribution in [1.82, 2.24) is 0 Å². The van der Waals surface area contributed by atoms with Crippen LogP contribution in [0.4, 0.5) is 0 Å². The minimum atomic E-state index is -2.44. The van der Waals surface area contributed by atoms with Gasteiger partial charge in [-0.05, 0) is 0 Å². The summed E-state index contributed by atoms with van der Waals surface area (Å²) in [4.78, 5) is 0. The van der Waals surface area contributed by atoms with Gasteiger partial charge in [0.05, 0.1) is 12.7 Å². The van der Waals surface area contributed by atoms with Crippen molar-refractivity contribution in [3.05, 3.63) is 0 Å². The first-order valence-corrected chi connectivity index (χ1v) is 3.54. The third-order valence-corrected chi connectivity index (χ3v) is 1.82. The lowest BCUT2D eigenvalue weighted by atomic mass is 10.0. The van der Waals surface area contributed by atoms with Gasteiger partial charge in [-0.2, -0.15) is 0 Å². The van der Waals surface area contributed by atoms with E-state index < -0.39 is 37.3 Å². The van der Waals surface area contributed by atoms with E-state index in [1.807, 2.05) is 0 Å². The smallest absolute Gasteiger partial charge is 0.218 e. The Bertz CT molecular complexity index is 158. The van der Waals surface area contributed by atoms with Gasteiger partial charge in [0.15, 0.2) is 0 Å². The second-order valence-corrected chi connectivity index (χ2v) is 2.86. The van der Waals surface area contributed by atoms with Gasteiger partial charge >= 0.3 is 0 Å². The van der Waals surface area contributed by atoms with Crippen LogP contribution in [0.5, 0.6) is 0 Å². The van der Waals surface area contributed by atoms with Crippen molar-refractivity contribution in [2.45, 2.75) is 30.7 Å². The molecule has 0 aromatic rings. The van der Waals surface area contributed by atoms with Gasteiger partial charge in [-0.1, -0.05) is 0 Å². The van der Waals surface area contributed by atoms with Crippen LogP contribution < -0.4 is 0 Å². The molecule has 1 saturated heterocycles. The van der Waals surface area contributed by atoms with Crippen molar-refractivity contribution >= 4 is 0 Å². The third-order valence-electron chi connectivity index (χ3n) is 1.82. The zero-order valence-corrected chi connectivity index (χ0v) is 6.29. The molecule has 6 heteroatoms. The van der Waals surface area contributed by atoms with Gasteiger partial charge in [0.25, 0.3) is 0 Å². The molecule has 0 aromatic carbocycles. The van der Waals surface area contributed by atoms with Crippen molar-refractivity contribution in [3.63, 3.8) is 0 Å². The third kappa shape index (κ3) is 1.74. The SMILES string of the molecule is OC[C@H]1O[C@H](O)C(O)(O)C[C@@H]1O. The zero-order chi connectivity index (χ0) is 9.35. The van der Waals surface area contributed by atoms with Crippen LogP contribution in [0, 0.1) is 0 Å². The highest BCUT2D eigenvalue weighted by Gasteiger charge is 2.45.